The van der Waals surface area contributed by atoms with Gasteiger partial charge in [-0.15, -0.1) is 0 Å². The van der Waals surface area contributed by atoms with Crippen molar-refractivity contribution >= 4 is 17.6 Å². The minimum absolute atomic E-state index is 0.0662. The molecule has 11 heteroatoms. The molecule has 0 bridgehead atoms. The van der Waals surface area contributed by atoms with Gasteiger partial charge in [-0.2, -0.15) is 18.4 Å². The molecular formula is C25H17F3N5O3-. The Morgan fingerprint density at radius 2 is 1.83 bits per heavy atom. The molecule has 0 saturated heterocycles. The molecule has 182 valence electrons. The summed E-state index contributed by atoms with van der Waals surface area (Å²) in [7, 11) is 0. The number of alkyl halides is 3. The van der Waals surface area contributed by atoms with Crippen LogP contribution in [-0.2, 0) is 11.0 Å². The first-order valence-corrected chi connectivity index (χ1v) is 10.5. The lowest BCUT2D eigenvalue weighted by Gasteiger charge is -2.39. The number of carbonyl (C=O) groups excluding carboxylic acids is 2. The third-order valence-corrected chi connectivity index (χ3v) is 5.81. The van der Waals surface area contributed by atoms with Crippen LogP contribution in [0.25, 0.3) is 0 Å². The van der Waals surface area contributed by atoms with Crippen LogP contribution in [0.4, 0.5) is 18.9 Å². The number of carboxylic acid groups (broad SMARTS) is 1. The molecule has 0 aliphatic carbocycles. The lowest BCUT2D eigenvalue weighted by molar-refractivity contribution is -0.299. The van der Waals surface area contributed by atoms with E-state index in [0.717, 1.165) is 27.7 Å². The van der Waals surface area contributed by atoms with E-state index in [0.29, 0.717) is 11.1 Å². The highest BCUT2D eigenvalue weighted by molar-refractivity contribution is 6.03. The number of aromatic nitrogens is 2. The summed E-state index contributed by atoms with van der Waals surface area (Å²) in [4.78, 5) is 30.9. The predicted octanol–water partition coefficient (Wildman–Crippen LogP) is 2.91. The Labute approximate surface area is 203 Å². The van der Waals surface area contributed by atoms with Gasteiger partial charge < -0.3 is 20.5 Å². The number of anilines is 1. The number of rotatable bonds is 4. The molecule has 0 amide bonds. The van der Waals surface area contributed by atoms with Crippen LogP contribution >= 0.6 is 0 Å². The fourth-order valence-electron chi connectivity index (χ4n) is 4.18. The normalized spacial score (nSPS) is 16.2. The summed E-state index contributed by atoms with van der Waals surface area (Å²) in [6.07, 6.45) is -0.748. The smallest absolute Gasteiger partial charge is 0.416 e. The molecule has 1 aliphatic heterocycles. The van der Waals surface area contributed by atoms with Gasteiger partial charge in [0.15, 0.2) is 0 Å². The van der Waals surface area contributed by atoms with Gasteiger partial charge in [0.2, 0.25) is 0 Å². The fraction of sp³-hybridized carbons (Fsp3) is 0.120. The summed E-state index contributed by atoms with van der Waals surface area (Å²) < 4.78 is 41.3. The second-order valence-corrected chi connectivity index (χ2v) is 7.91. The van der Waals surface area contributed by atoms with Crippen molar-refractivity contribution in [2.24, 2.45) is 5.73 Å². The Kier molecular flexibility index (Phi) is 6.12. The number of hydrogen-bond donors (Lipinski definition) is 1. The number of nitriles is 1. The zero-order valence-electron chi connectivity index (χ0n) is 18.7. The zero-order chi connectivity index (χ0) is 26.2. The first-order valence-electron chi connectivity index (χ1n) is 10.5. The molecule has 4 rings (SSSR count). The summed E-state index contributed by atoms with van der Waals surface area (Å²) in [5, 5.41) is 21.5. The number of carboxylic acids is 1. The average molecular weight is 492 g/mol. The first-order chi connectivity index (χ1) is 17.0. The summed E-state index contributed by atoms with van der Waals surface area (Å²) in [6.45, 7) is 1.46. The number of imidazole rings is 1. The number of carbonyl (C=O) groups is 2. The van der Waals surface area contributed by atoms with Gasteiger partial charge in [-0.25, -0.2) is 4.98 Å². The van der Waals surface area contributed by atoms with E-state index >= 15 is 0 Å². The molecule has 36 heavy (non-hydrogen) atoms. The number of nitrogens with two attached hydrogens (primary N) is 1. The SMILES string of the molecule is CC1=C(C(=O)n2ccnc2)C(c2ccc(C#N)cc2)C(C(=O)[O-])=C(N)N1c1cccc(C(F)(F)F)c1. The largest absolute Gasteiger partial charge is 0.545 e. The van der Waals surface area contributed by atoms with Crippen LogP contribution in [0.5, 0.6) is 0 Å². The van der Waals surface area contributed by atoms with Crippen LogP contribution < -0.4 is 15.7 Å². The molecule has 0 saturated carbocycles. The maximum Gasteiger partial charge on any atom is 0.416 e. The van der Waals surface area contributed by atoms with Crippen LogP contribution in [0.3, 0.4) is 0 Å². The summed E-state index contributed by atoms with van der Waals surface area (Å²) in [5.74, 6) is -4.01. The van der Waals surface area contributed by atoms with Crippen LogP contribution in [0, 0.1) is 11.3 Å². The van der Waals surface area contributed by atoms with Gasteiger partial charge in [0, 0.05) is 40.8 Å². The monoisotopic (exact) mass is 492 g/mol. The molecule has 2 aromatic carbocycles. The highest BCUT2D eigenvalue weighted by atomic mass is 19.4. The van der Waals surface area contributed by atoms with E-state index in [1.807, 2.05) is 6.07 Å². The Bertz CT molecular complexity index is 1450. The number of hydrogen-bond acceptors (Lipinski definition) is 7. The van der Waals surface area contributed by atoms with Crippen molar-refractivity contribution in [1.82, 2.24) is 9.55 Å². The van der Waals surface area contributed by atoms with E-state index in [2.05, 4.69) is 4.98 Å². The molecule has 0 fully saturated rings. The maximum absolute atomic E-state index is 13.6. The van der Waals surface area contributed by atoms with Gasteiger partial charge in [0.25, 0.3) is 5.91 Å². The van der Waals surface area contributed by atoms with Gasteiger partial charge in [-0.3, -0.25) is 9.36 Å². The van der Waals surface area contributed by atoms with Crippen LogP contribution in [0.2, 0.25) is 0 Å². The van der Waals surface area contributed by atoms with Gasteiger partial charge in [-0.1, -0.05) is 18.2 Å². The third-order valence-electron chi connectivity index (χ3n) is 5.81. The Hall–Kier alpha value is -4.85. The summed E-state index contributed by atoms with van der Waals surface area (Å²) in [5.41, 5.74) is 5.35. The quantitative estimate of drug-likeness (QED) is 0.593. The van der Waals surface area contributed by atoms with E-state index in [9.17, 15) is 27.9 Å². The number of nitrogens with zero attached hydrogens (tertiary/aromatic N) is 4. The number of allylic oxidation sites excluding steroid dienone is 2. The van der Waals surface area contributed by atoms with E-state index < -0.39 is 40.9 Å². The second-order valence-electron chi connectivity index (χ2n) is 7.91. The topological polar surface area (TPSA) is 128 Å². The van der Waals surface area contributed by atoms with Gasteiger partial charge >= 0.3 is 6.18 Å². The van der Waals surface area contributed by atoms with Crippen LogP contribution in [0.1, 0.15) is 34.3 Å². The molecule has 8 nitrogen and oxygen atoms in total. The second kappa shape index (κ2) is 9.07. The lowest BCUT2D eigenvalue weighted by atomic mass is 9.80. The van der Waals surface area contributed by atoms with Crippen molar-refractivity contribution in [3.63, 3.8) is 0 Å². The van der Waals surface area contributed by atoms with Crippen LogP contribution in [0.15, 0.2) is 89.9 Å². The summed E-state index contributed by atoms with van der Waals surface area (Å²) in [6, 6.07) is 12.0. The van der Waals surface area contributed by atoms with E-state index in [1.165, 1.54) is 56.0 Å². The van der Waals surface area contributed by atoms with Crippen molar-refractivity contribution < 1.29 is 27.9 Å². The molecule has 1 aliphatic rings. The molecule has 2 N–H and O–H groups in total. The van der Waals surface area contributed by atoms with Crippen LogP contribution in [-0.4, -0.2) is 21.4 Å². The minimum atomic E-state index is -4.67. The van der Waals surface area contributed by atoms with E-state index in [-0.39, 0.29) is 17.0 Å². The lowest BCUT2D eigenvalue weighted by Crippen LogP contribution is -2.42. The molecule has 0 spiro atoms. The van der Waals surface area contributed by atoms with Crippen molar-refractivity contribution in [3.05, 3.63) is 107 Å². The molecule has 1 aromatic heterocycles. The van der Waals surface area contributed by atoms with Crippen molar-refractivity contribution in [2.75, 3.05) is 4.90 Å². The van der Waals surface area contributed by atoms with Gasteiger partial charge in [0.05, 0.1) is 23.2 Å². The minimum Gasteiger partial charge on any atom is -0.545 e. The maximum atomic E-state index is 13.6. The van der Waals surface area contributed by atoms with E-state index in [1.54, 1.807) is 0 Å². The van der Waals surface area contributed by atoms with E-state index in [4.69, 9.17) is 11.0 Å². The highest BCUT2D eigenvalue weighted by Gasteiger charge is 2.39. The molecule has 3 aromatic rings. The fourth-order valence-corrected chi connectivity index (χ4v) is 4.18. The van der Waals surface area contributed by atoms with Crippen molar-refractivity contribution in [1.29, 1.82) is 5.26 Å². The van der Waals surface area contributed by atoms with Gasteiger partial charge in [0.1, 0.15) is 12.1 Å². The molecular weight excluding hydrogens is 475 g/mol. The average Bonchev–Trinajstić information content (AvgIpc) is 3.38. The third kappa shape index (κ3) is 4.20. The number of aliphatic carboxylic acids is 1. The molecule has 1 atom stereocenters. The Balaban J connectivity index is 2.00. The first kappa shape index (κ1) is 24.3. The Morgan fingerprint density at radius 1 is 1.14 bits per heavy atom. The highest BCUT2D eigenvalue weighted by Crippen LogP contribution is 2.43. The number of benzene rings is 2. The van der Waals surface area contributed by atoms with Crippen molar-refractivity contribution in [2.45, 2.75) is 19.0 Å². The predicted molar refractivity (Wildman–Crippen MR) is 120 cm³/mol. The molecule has 1 unspecified atom stereocenters. The molecule has 2 heterocycles. The molecule has 0 radical (unpaired) electrons. The number of halogens is 3. The van der Waals surface area contributed by atoms with Crippen molar-refractivity contribution in [3.8, 4) is 6.07 Å². The zero-order valence-corrected chi connectivity index (χ0v) is 18.7. The summed E-state index contributed by atoms with van der Waals surface area (Å²) >= 11 is 0. The standard InChI is InChI=1S/C25H18F3N5O3/c1-14-19(23(34)32-10-9-31-13-32)20(16-7-5-15(12-29)6-8-16)21(24(35)36)22(30)33(14)18-4-2-3-17(11-18)25(26,27)28/h2-11,13,20H,30H2,1H3,(H,35,36)/p-1. The van der Waals surface area contributed by atoms with Gasteiger partial charge in [-0.05, 0) is 42.8 Å². The Morgan fingerprint density at radius 3 is 2.39 bits per heavy atom.